The van der Waals surface area contributed by atoms with Gasteiger partial charge in [0.05, 0.1) is 22.8 Å². The summed E-state index contributed by atoms with van der Waals surface area (Å²) in [7, 11) is 0. The molecule has 2 heterocycles. The summed E-state index contributed by atoms with van der Waals surface area (Å²) in [5.41, 5.74) is 10.2. The average molecular weight is 755 g/mol. The number of anilines is 2. The molecule has 0 aliphatic carbocycles. The number of aromatic nitrogens is 6. The van der Waals surface area contributed by atoms with Crippen LogP contribution in [0.25, 0.3) is 0 Å². The number of benzene rings is 4. The first kappa shape index (κ1) is 38.4. The third-order valence-corrected chi connectivity index (χ3v) is 8.78. The Kier molecular flexibility index (Phi) is 12.1. The van der Waals surface area contributed by atoms with Gasteiger partial charge in [0.1, 0.15) is 23.0 Å². The van der Waals surface area contributed by atoms with Crippen LogP contribution in [0, 0.1) is 0 Å². The first-order valence-corrected chi connectivity index (χ1v) is 17.8. The van der Waals surface area contributed by atoms with E-state index in [9.17, 15) is 20.4 Å². The molecule has 6 aromatic rings. The molecule has 0 saturated heterocycles. The molecular weight excluding hydrogens is 713 g/mol. The van der Waals surface area contributed by atoms with E-state index in [0.717, 1.165) is 0 Å². The minimum absolute atomic E-state index is 0.0868. The summed E-state index contributed by atoms with van der Waals surface area (Å²) in [4.78, 5) is 0. The Bertz CT molecular complexity index is 2280. The van der Waals surface area contributed by atoms with Crippen LogP contribution in [0.15, 0.2) is 117 Å². The molecule has 0 radical (unpaired) electrons. The van der Waals surface area contributed by atoms with Crippen LogP contribution in [0.5, 0.6) is 23.0 Å². The fourth-order valence-electron chi connectivity index (χ4n) is 5.77. The van der Waals surface area contributed by atoms with E-state index < -0.39 is 0 Å². The normalized spacial score (nSPS) is 12.6. The molecule has 0 bridgehead atoms. The van der Waals surface area contributed by atoms with Crippen molar-refractivity contribution in [2.45, 2.75) is 53.4 Å². The minimum Gasteiger partial charge on any atom is -0.507 e. The highest BCUT2D eigenvalue weighted by Gasteiger charge is 2.17. The molecule has 0 aliphatic rings. The van der Waals surface area contributed by atoms with E-state index in [2.05, 4.69) is 41.4 Å². The van der Waals surface area contributed by atoms with Crippen molar-refractivity contribution in [2.24, 2.45) is 20.4 Å². The number of aryl methyl sites for hydroxylation is 2. The number of phenolic OH excluding ortho intramolecular Hbond substituents is 4. The van der Waals surface area contributed by atoms with Gasteiger partial charge in [-0.1, -0.05) is 48.5 Å². The van der Waals surface area contributed by atoms with Crippen LogP contribution in [0.4, 0.5) is 11.9 Å². The van der Waals surface area contributed by atoms with E-state index >= 15 is 0 Å². The van der Waals surface area contributed by atoms with Crippen molar-refractivity contribution in [3.63, 3.8) is 0 Å². The van der Waals surface area contributed by atoms with Crippen LogP contribution in [0.1, 0.15) is 74.4 Å². The van der Waals surface area contributed by atoms with Gasteiger partial charge in [0.15, 0.2) is 11.6 Å². The lowest BCUT2D eigenvalue weighted by Gasteiger charge is -2.09. The SMILES string of the molecule is C/C(=N\Nc1nnc(CCCCc2nnc(N/N=C(\C)c3ccccc3O)n2/N=C(\C)c2ccccc2O)n1/N=C(\C)c1ccccc1O)c1ccccc1O. The number of nitrogens with zero attached hydrogens (tertiary/aromatic N) is 10. The van der Waals surface area contributed by atoms with Crippen molar-refractivity contribution in [1.29, 1.82) is 0 Å². The lowest BCUT2D eigenvalue weighted by molar-refractivity contribution is 0.473. The molecule has 0 unspecified atom stereocenters. The Morgan fingerprint density at radius 3 is 1.09 bits per heavy atom. The second-order valence-electron chi connectivity index (χ2n) is 12.8. The Balaban J connectivity index is 1.24. The number of aromatic hydroxyl groups is 4. The van der Waals surface area contributed by atoms with Crippen molar-refractivity contribution < 1.29 is 20.4 Å². The van der Waals surface area contributed by atoms with Crippen molar-refractivity contribution in [1.82, 2.24) is 29.7 Å². The van der Waals surface area contributed by atoms with Gasteiger partial charge in [-0.15, -0.1) is 20.4 Å². The quantitative estimate of drug-likeness (QED) is 0.0381. The number of hydrogen-bond acceptors (Lipinski definition) is 14. The molecule has 0 amide bonds. The van der Waals surface area contributed by atoms with Crippen LogP contribution in [-0.2, 0) is 12.8 Å². The summed E-state index contributed by atoms with van der Waals surface area (Å²) in [6, 6.07) is 27.6. The first-order chi connectivity index (χ1) is 27.1. The largest absolute Gasteiger partial charge is 0.507 e. The van der Waals surface area contributed by atoms with Crippen LogP contribution in [-0.4, -0.2) is 73.0 Å². The topological polar surface area (TPSA) is 216 Å². The number of phenols is 4. The van der Waals surface area contributed by atoms with Gasteiger partial charge < -0.3 is 20.4 Å². The van der Waals surface area contributed by atoms with E-state index in [-0.39, 0.29) is 34.9 Å². The highest BCUT2D eigenvalue weighted by atomic mass is 16.3. The molecule has 2 aromatic heterocycles. The molecule has 16 nitrogen and oxygen atoms in total. The minimum atomic E-state index is 0.0868. The lowest BCUT2D eigenvalue weighted by atomic mass is 10.1. The molecule has 16 heteroatoms. The summed E-state index contributed by atoms with van der Waals surface area (Å²) in [6.45, 7) is 7.08. The summed E-state index contributed by atoms with van der Waals surface area (Å²) in [5, 5.41) is 77.5. The lowest BCUT2D eigenvalue weighted by Crippen LogP contribution is -2.09. The van der Waals surface area contributed by atoms with Crippen molar-refractivity contribution in [2.75, 3.05) is 10.9 Å². The Labute approximate surface area is 322 Å². The van der Waals surface area contributed by atoms with Gasteiger partial charge in [0.25, 0.3) is 11.9 Å². The molecule has 0 saturated carbocycles. The van der Waals surface area contributed by atoms with Gasteiger partial charge >= 0.3 is 0 Å². The van der Waals surface area contributed by atoms with E-state index in [1.165, 1.54) is 0 Å². The molecule has 0 spiro atoms. The van der Waals surface area contributed by atoms with Gasteiger partial charge in [-0.2, -0.15) is 29.8 Å². The molecule has 286 valence electrons. The van der Waals surface area contributed by atoms with E-state index in [1.807, 2.05) is 24.3 Å². The summed E-state index contributed by atoms with van der Waals surface area (Å²) in [6.07, 6.45) is 2.23. The predicted octanol–water partition coefficient (Wildman–Crippen LogP) is 6.47. The fraction of sp³-hybridized carbons (Fsp3) is 0.200. The fourth-order valence-corrected chi connectivity index (χ4v) is 5.77. The zero-order chi connectivity index (χ0) is 39.6. The number of para-hydroxylation sites is 4. The zero-order valence-electron chi connectivity index (χ0n) is 31.3. The number of rotatable bonds is 15. The van der Waals surface area contributed by atoms with Gasteiger partial charge in [-0.05, 0) is 89.1 Å². The summed E-state index contributed by atoms with van der Waals surface area (Å²) in [5.74, 6) is 1.95. The van der Waals surface area contributed by atoms with Crippen molar-refractivity contribution >= 4 is 34.7 Å². The second-order valence-corrected chi connectivity index (χ2v) is 12.8. The molecule has 0 aliphatic heterocycles. The molecule has 0 atom stereocenters. The zero-order valence-corrected chi connectivity index (χ0v) is 31.3. The Hall–Kier alpha value is -7.36. The van der Waals surface area contributed by atoms with Crippen LogP contribution >= 0.6 is 0 Å². The van der Waals surface area contributed by atoms with Gasteiger partial charge in [-0.3, -0.25) is 0 Å². The number of nitrogens with one attached hydrogen (secondary N) is 2. The van der Waals surface area contributed by atoms with E-state index in [0.29, 0.717) is 82.4 Å². The standard InChI is InChI=1S/C40H42N12O4/c1-25(29-15-5-9-19-33(29)53)41-45-39-47-43-37(51(39)49-27(3)31-17-7-11-21-35(31)55)23-13-14-24-38-44-48-40(46-42-26(2)30-16-6-10-20-34(30)54)52(38)50-28(4)32-18-8-12-22-36(32)56/h5-12,15-22,53-56H,13-14,23-24H2,1-4H3,(H,45,47)(H,46,48)/b41-25+,42-26+,49-27+,50-28+. The second kappa shape index (κ2) is 17.6. The van der Waals surface area contributed by atoms with Crippen LogP contribution in [0.3, 0.4) is 0 Å². The van der Waals surface area contributed by atoms with Crippen LogP contribution in [0.2, 0.25) is 0 Å². The smallest absolute Gasteiger partial charge is 0.266 e. The Morgan fingerprint density at radius 1 is 0.464 bits per heavy atom. The van der Waals surface area contributed by atoms with E-state index in [1.54, 1.807) is 110 Å². The van der Waals surface area contributed by atoms with Crippen molar-refractivity contribution in [3.8, 4) is 23.0 Å². The highest BCUT2D eigenvalue weighted by molar-refractivity contribution is 6.03. The first-order valence-electron chi connectivity index (χ1n) is 17.8. The summed E-state index contributed by atoms with van der Waals surface area (Å²) < 4.78 is 3.11. The molecular formula is C40H42N12O4. The molecule has 0 fully saturated rings. The maximum absolute atomic E-state index is 10.5. The molecule has 4 aromatic carbocycles. The number of hydrazone groups is 2. The third-order valence-electron chi connectivity index (χ3n) is 8.78. The summed E-state index contributed by atoms with van der Waals surface area (Å²) >= 11 is 0. The average Bonchev–Trinajstić information content (AvgIpc) is 3.76. The van der Waals surface area contributed by atoms with Gasteiger partial charge in [0, 0.05) is 35.1 Å². The maximum Gasteiger partial charge on any atom is 0.266 e. The molecule has 56 heavy (non-hydrogen) atoms. The number of unbranched alkanes of at least 4 members (excludes halogenated alkanes) is 1. The molecule has 6 N–H and O–H groups in total. The Morgan fingerprint density at radius 2 is 0.768 bits per heavy atom. The van der Waals surface area contributed by atoms with Gasteiger partial charge in [-0.25, -0.2) is 10.9 Å². The number of hydrogen-bond donors (Lipinski definition) is 6. The highest BCUT2D eigenvalue weighted by Crippen LogP contribution is 2.22. The van der Waals surface area contributed by atoms with Gasteiger partial charge in [0.2, 0.25) is 0 Å². The van der Waals surface area contributed by atoms with Crippen LogP contribution < -0.4 is 10.9 Å². The third kappa shape index (κ3) is 9.04. The monoisotopic (exact) mass is 754 g/mol. The predicted molar refractivity (Wildman–Crippen MR) is 216 cm³/mol. The molecule has 6 rings (SSSR count). The van der Waals surface area contributed by atoms with Crippen molar-refractivity contribution in [3.05, 3.63) is 131 Å². The maximum atomic E-state index is 10.5. The van der Waals surface area contributed by atoms with E-state index in [4.69, 9.17) is 10.2 Å².